The normalized spacial score (nSPS) is 18.3. The number of nitrogens with one attached hydrogen (secondary N) is 1. The maximum atomic E-state index is 6.02. The van der Waals surface area contributed by atoms with Crippen molar-refractivity contribution in [2.45, 2.75) is 64.7 Å². The molecule has 0 spiro atoms. The molecule has 19 heavy (non-hydrogen) atoms. The molecule has 1 heterocycles. The molecule has 3 heteroatoms. The van der Waals surface area contributed by atoms with E-state index in [0.29, 0.717) is 5.92 Å². The highest BCUT2D eigenvalue weighted by molar-refractivity contribution is 5.13. The van der Waals surface area contributed by atoms with Gasteiger partial charge < -0.3 is 9.73 Å². The van der Waals surface area contributed by atoms with E-state index in [4.69, 9.17) is 4.42 Å². The van der Waals surface area contributed by atoms with E-state index in [1.54, 1.807) is 0 Å². The van der Waals surface area contributed by atoms with Crippen LogP contribution in [-0.4, -0.2) is 18.1 Å². The zero-order valence-electron chi connectivity index (χ0n) is 12.7. The molecule has 0 radical (unpaired) electrons. The van der Waals surface area contributed by atoms with Crippen LogP contribution in [0.5, 0.6) is 0 Å². The van der Waals surface area contributed by atoms with E-state index in [2.05, 4.69) is 31.1 Å². The molecule has 1 aliphatic rings. The van der Waals surface area contributed by atoms with E-state index in [1.165, 1.54) is 32.1 Å². The van der Waals surface area contributed by atoms with Crippen LogP contribution in [0.4, 0.5) is 0 Å². The summed E-state index contributed by atoms with van der Waals surface area (Å²) in [4.78, 5) is 4.46. The van der Waals surface area contributed by atoms with Crippen LogP contribution in [0, 0.1) is 5.92 Å². The number of hydrogen-bond acceptors (Lipinski definition) is 3. The van der Waals surface area contributed by atoms with Crippen molar-refractivity contribution in [2.75, 3.05) is 13.1 Å². The predicted octanol–water partition coefficient (Wildman–Crippen LogP) is 3.68. The highest BCUT2D eigenvalue weighted by Crippen LogP contribution is 2.43. The number of rotatable bonds is 7. The summed E-state index contributed by atoms with van der Waals surface area (Å²) in [6.07, 6.45) is 9.25. The minimum absolute atomic E-state index is 0.288. The third-order valence-electron chi connectivity index (χ3n) is 4.38. The number of oxazole rings is 1. The summed E-state index contributed by atoms with van der Waals surface area (Å²) in [6, 6.07) is 0. The lowest BCUT2D eigenvalue weighted by Gasteiger charge is -2.23. The highest BCUT2D eigenvalue weighted by atomic mass is 16.4. The molecule has 1 aromatic rings. The van der Waals surface area contributed by atoms with E-state index >= 15 is 0 Å². The molecule has 0 bridgehead atoms. The first kappa shape index (κ1) is 14.6. The maximum absolute atomic E-state index is 6.02. The van der Waals surface area contributed by atoms with Crippen LogP contribution >= 0.6 is 0 Å². The van der Waals surface area contributed by atoms with Gasteiger partial charge in [0.2, 0.25) is 0 Å². The van der Waals surface area contributed by atoms with Crippen LogP contribution < -0.4 is 5.32 Å². The van der Waals surface area contributed by atoms with E-state index in [9.17, 15) is 0 Å². The Hall–Kier alpha value is -0.830. The van der Waals surface area contributed by atoms with Crippen LogP contribution in [0.15, 0.2) is 10.6 Å². The Kier molecular flexibility index (Phi) is 5.03. The number of aromatic nitrogens is 1. The summed E-state index contributed by atoms with van der Waals surface area (Å²) in [5, 5.41) is 3.44. The van der Waals surface area contributed by atoms with Crippen molar-refractivity contribution in [2.24, 2.45) is 5.92 Å². The predicted molar refractivity (Wildman–Crippen MR) is 78.4 cm³/mol. The molecule has 0 aromatic carbocycles. The maximum Gasteiger partial charge on any atom is 0.195 e. The largest absolute Gasteiger partial charge is 0.445 e. The Morgan fingerprint density at radius 2 is 2.11 bits per heavy atom. The minimum Gasteiger partial charge on any atom is -0.445 e. The fourth-order valence-electron chi connectivity index (χ4n) is 3.08. The van der Waals surface area contributed by atoms with Crippen LogP contribution in [0.1, 0.15) is 64.5 Å². The Morgan fingerprint density at radius 1 is 1.37 bits per heavy atom. The van der Waals surface area contributed by atoms with Gasteiger partial charge in [0.05, 0.1) is 6.20 Å². The van der Waals surface area contributed by atoms with Gasteiger partial charge >= 0.3 is 0 Å². The SMILES string of the molecule is CCC1(c2cnc(CCNCC(C)C)o2)CCCC1. The van der Waals surface area contributed by atoms with Crippen molar-refractivity contribution in [3.63, 3.8) is 0 Å². The molecule has 1 saturated carbocycles. The molecule has 0 atom stereocenters. The molecule has 108 valence electrons. The standard InChI is InChI=1S/C16H28N2O/c1-4-16(8-5-6-9-16)14-12-18-15(19-14)7-10-17-11-13(2)3/h12-13,17H,4-11H2,1-3H3. The van der Waals surface area contributed by atoms with Crippen molar-refractivity contribution < 1.29 is 4.42 Å². The molecule has 0 amide bonds. The third-order valence-corrected chi connectivity index (χ3v) is 4.38. The lowest BCUT2D eigenvalue weighted by Crippen LogP contribution is -2.22. The Labute approximate surface area is 117 Å². The lowest BCUT2D eigenvalue weighted by atomic mass is 9.81. The summed E-state index contributed by atoms with van der Waals surface area (Å²) >= 11 is 0. The van der Waals surface area contributed by atoms with Gasteiger partial charge in [0.25, 0.3) is 0 Å². The average Bonchev–Trinajstić information content (AvgIpc) is 3.04. The Morgan fingerprint density at radius 3 is 2.74 bits per heavy atom. The molecule has 1 fully saturated rings. The summed E-state index contributed by atoms with van der Waals surface area (Å²) in [7, 11) is 0. The van der Waals surface area contributed by atoms with E-state index in [-0.39, 0.29) is 5.41 Å². The molecule has 0 unspecified atom stereocenters. The first-order chi connectivity index (χ1) is 9.16. The van der Waals surface area contributed by atoms with Gasteiger partial charge in [0.1, 0.15) is 5.76 Å². The molecule has 1 N–H and O–H groups in total. The van der Waals surface area contributed by atoms with Crippen LogP contribution in [-0.2, 0) is 11.8 Å². The smallest absolute Gasteiger partial charge is 0.195 e. The lowest BCUT2D eigenvalue weighted by molar-refractivity contribution is 0.316. The van der Waals surface area contributed by atoms with E-state index < -0.39 is 0 Å². The van der Waals surface area contributed by atoms with Gasteiger partial charge in [0.15, 0.2) is 5.89 Å². The second-order valence-electron chi connectivity index (χ2n) is 6.31. The van der Waals surface area contributed by atoms with E-state index in [0.717, 1.165) is 31.2 Å². The summed E-state index contributed by atoms with van der Waals surface area (Å²) in [5.41, 5.74) is 0.288. The van der Waals surface area contributed by atoms with Crippen molar-refractivity contribution in [1.82, 2.24) is 10.3 Å². The van der Waals surface area contributed by atoms with E-state index in [1.807, 2.05) is 6.20 Å². The van der Waals surface area contributed by atoms with Gasteiger partial charge in [-0.3, -0.25) is 0 Å². The summed E-state index contributed by atoms with van der Waals surface area (Å²) < 4.78 is 6.02. The van der Waals surface area contributed by atoms with Crippen LogP contribution in [0.2, 0.25) is 0 Å². The topological polar surface area (TPSA) is 38.1 Å². The zero-order chi connectivity index (χ0) is 13.7. The molecule has 0 aliphatic heterocycles. The minimum atomic E-state index is 0.288. The van der Waals surface area contributed by atoms with Crippen LogP contribution in [0.3, 0.4) is 0 Å². The van der Waals surface area contributed by atoms with Crippen LogP contribution in [0.25, 0.3) is 0 Å². The Bertz CT molecular complexity index is 378. The van der Waals surface area contributed by atoms with Gasteiger partial charge in [0, 0.05) is 18.4 Å². The van der Waals surface area contributed by atoms with Crippen molar-refractivity contribution in [3.8, 4) is 0 Å². The Balaban J connectivity index is 1.88. The van der Waals surface area contributed by atoms with Gasteiger partial charge in [-0.05, 0) is 31.7 Å². The van der Waals surface area contributed by atoms with Gasteiger partial charge in [-0.25, -0.2) is 4.98 Å². The summed E-state index contributed by atoms with van der Waals surface area (Å²) in [5.74, 6) is 2.72. The van der Waals surface area contributed by atoms with Gasteiger partial charge in [-0.2, -0.15) is 0 Å². The highest BCUT2D eigenvalue weighted by Gasteiger charge is 2.37. The fraction of sp³-hybridized carbons (Fsp3) is 0.812. The summed E-state index contributed by atoms with van der Waals surface area (Å²) in [6.45, 7) is 8.74. The molecule has 3 nitrogen and oxygen atoms in total. The first-order valence-corrected chi connectivity index (χ1v) is 7.82. The van der Waals surface area contributed by atoms with Crippen molar-refractivity contribution in [1.29, 1.82) is 0 Å². The molecular weight excluding hydrogens is 236 g/mol. The monoisotopic (exact) mass is 264 g/mol. The second-order valence-corrected chi connectivity index (χ2v) is 6.31. The quantitative estimate of drug-likeness (QED) is 0.763. The fourth-order valence-corrected chi connectivity index (χ4v) is 3.08. The molecular formula is C16H28N2O. The molecule has 2 rings (SSSR count). The number of hydrogen-bond donors (Lipinski definition) is 1. The zero-order valence-corrected chi connectivity index (χ0v) is 12.7. The second kappa shape index (κ2) is 6.56. The first-order valence-electron chi connectivity index (χ1n) is 7.82. The molecule has 0 saturated heterocycles. The van der Waals surface area contributed by atoms with Gasteiger partial charge in [-0.15, -0.1) is 0 Å². The molecule has 1 aromatic heterocycles. The third kappa shape index (κ3) is 3.59. The van der Waals surface area contributed by atoms with Crippen molar-refractivity contribution >= 4 is 0 Å². The average molecular weight is 264 g/mol. The molecule has 1 aliphatic carbocycles. The van der Waals surface area contributed by atoms with Crippen molar-refractivity contribution in [3.05, 3.63) is 17.8 Å². The van der Waals surface area contributed by atoms with Gasteiger partial charge in [-0.1, -0.05) is 33.6 Å². The number of nitrogens with zero attached hydrogens (tertiary/aromatic N) is 1.